The number of carbonyl (C=O) groups excluding carboxylic acids is 2. The molecule has 0 bridgehead atoms. The lowest BCUT2D eigenvalue weighted by Crippen LogP contribution is -2.46. The molecule has 10 nitrogen and oxygen atoms in total. The number of hydrogen-bond acceptors (Lipinski definition) is 6. The van der Waals surface area contributed by atoms with Gasteiger partial charge in [0.2, 0.25) is 0 Å². The lowest BCUT2D eigenvalue weighted by atomic mass is 10.1. The van der Waals surface area contributed by atoms with E-state index < -0.39 is 73.5 Å². The number of nitrogens with one attached hydrogen (secondary N) is 2. The fourth-order valence-corrected chi connectivity index (χ4v) is 3.11. The molecular formula is C19H20F6N4O6. The maximum Gasteiger partial charge on any atom is 0.471 e. The summed E-state index contributed by atoms with van der Waals surface area (Å²) in [5.41, 5.74) is -2.26. The van der Waals surface area contributed by atoms with Gasteiger partial charge in [0.25, 0.3) is 5.56 Å². The number of ether oxygens (including phenoxy) is 1. The van der Waals surface area contributed by atoms with E-state index in [0.29, 0.717) is 6.42 Å². The molecule has 2 amide bonds. The van der Waals surface area contributed by atoms with Crippen molar-refractivity contribution in [3.05, 3.63) is 32.6 Å². The van der Waals surface area contributed by atoms with E-state index in [4.69, 9.17) is 4.74 Å². The third-order valence-corrected chi connectivity index (χ3v) is 4.83. The number of aromatic amines is 1. The molecule has 1 aromatic rings. The van der Waals surface area contributed by atoms with E-state index in [9.17, 15) is 50.6 Å². The first-order valence-electron chi connectivity index (χ1n) is 10.0. The van der Waals surface area contributed by atoms with Gasteiger partial charge in [0, 0.05) is 25.7 Å². The first-order valence-corrected chi connectivity index (χ1v) is 10.0. The van der Waals surface area contributed by atoms with E-state index in [-0.39, 0.29) is 16.9 Å². The maximum absolute atomic E-state index is 12.8. The van der Waals surface area contributed by atoms with Gasteiger partial charge in [-0.15, -0.1) is 0 Å². The van der Waals surface area contributed by atoms with Crippen LogP contribution in [0.3, 0.4) is 0 Å². The van der Waals surface area contributed by atoms with Gasteiger partial charge in [-0.3, -0.25) is 23.9 Å². The van der Waals surface area contributed by atoms with Gasteiger partial charge >= 0.3 is 29.9 Å². The molecule has 35 heavy (non-hydrogen) atoms. The highest BCUT2D eigenvalue weighted by atomic mass is 19.4. The molecule has 194 valence electrons. The van der Waals surface area contributed by atoms with Gasteiger partial charge < -0.3 is 20.1 Å². The second-order valence-electron chi connectivity index (χ2n) is 7.33. The van der Waals surface area contributed by atoms with Crippen molar-refractivity contribution in [1.82, 2.24) is 19.8 Å². The summed E-state index contributed by atoms with van der Waals surface area (Å²) < 4.78 is 81.6. The molecule has 2 heterocycles. The molecule has 0 radical (unpaired) electrons. The van der Waals surface area contributed by atoms with Crippen molar-refractivity contribution in [3.63, 3.8) is 0 Å². The molecule has 16 heteroatoms. The Bertz CT molecular complexity index is 1120. The predicted molar refractivity (Wildman–Crippen MR) is 105 cm³/mol. The average molecular weight is 514 g/mol. The van der Waals surface area contributed by atoms with Gasteiger partial charge in [-0.25, -0.2) is 4.79 Å². The smallest absolute Gasteiger partial charge is 0.390 e. The van der Waals surface area contributed by atoms with E-state index >= 15 is 0 Å². The highest BCUT2D eigenvalue weighted by Gasteiger charge is 2.43. The molecule has 2 rings (SSSR count). The van der Waals surface area contributed by atoms with Crippen LogP contribution in [0, 0.1) is 11.8 Å². The van der Waals surface area contributed by atoms with Crippen LogP contribution in [-0.2, 0) is 14.3 Å². The van der Waals surface area contributed by atoms with Crippen LogP contribution < -0.4 is 16.6 Å². The Morgan fingerprint density at radius 2 is 1.91 bits per heavy atom. The van der Waals surface area contributed by atoms with Gasteiger partial charge in [-0.2, -0.15) is 26.3 Å². The first-order chi connectivity index (χ1) is 16.1. The number of aromatic nitrogens is 2. The van der Waals surface area contributed by atoms with Gasteiger partial charge in [0.1, 0.15) is 11.8 Å². The summed E-state index contributed by atoms with van der Waals surface area (Å²) in [6, 6.07) is 0. The fraction of sp³-hybridized carbons (Fsp3) is 0.579. The third-order valence-electron chi connectivity index (χ3n) is 4.83. The molecule has 1 aliphatic rings. The number of rotatable bonds is 6. The summed E-state index contributed by atoms with van der Waals surface area (Å²) in [6.07, 6.45) is -11.6. The lowest BCUT2D eigenvalue weighted by molar-refractivity contribution is -0.185. The minimum atomic E-state index is -5.38. The van der Waals surface area contributed by atoms with Crippen molar-refractivity contribution in [3.8, 4) is 11.8 Å². The minimum Gasteiger partial charge on any atom is -0.390 e. The van der Waals surface area contributed by atoms with Gasteiger partial charge in [-0.05, 0) is 6.42 Å². The van der Waals surface area contributed by atoms with E-state index in [0.717, 1.165) is 10.8 Å². The van der Waals surface area contributed by atoms with Crippen LogP contribution in [0.25, 0.3) is 0 Å². The van der Waals surface area contributed by atoms with Crippen molar-refractivity contribution in [1.29, 1.82) is 0 Å². The molecule has 3 atom stereocenters. The van der Waals surface area contributed by atoms with Crippen LogP contribution in [0.1, 0.15) is 31.6 Å². The quantitative estimate of drug-likeness (QED) is 0.362. The van der Waals surface area contributed by atoms with Crippen molar-refractivity contribution in [2.75, 3.05) is 19.6 Å². The molecule has 1 unspecified atom stereocenters. The standard InChI is InChI=1S/C19H20F6N4O6/c1-2-12-11(30)8-13(35-12)29-9-10(14(31)27-17(29)34)4-3-6-28(16(33)19(23,24)25)7-5-26-15(32)18(20,21)22/h9,11-13,30H,2,5-8H2,1H3,(H,26,32)(H,27,31,34)/t11?,12-,13-/m1/s1. The van der Waals surface area contributed by atoms with E-state index in [1.807, 2.05) is 4.98 Å². The highest BCUT2D eigenvalue weighted by Crippen LogP contribution is 2.29. The monoisotopic (exact) mass is 514 g/mol. The Labute approximate surface area is 192 Å². The Morgan fingerprint density at radius 3 is 2.46 bits per heavy atom. The van der Waals surface area contributed by atoms with Crippen LogP contribution in [0.4, 0.5) is 26.3 Å². The maximum atomic E-state index is 12.8. The topological polar surface area (TPSA) is 134 Å². The number of aliphatic hydroxyl groups excluding tert-OH is 1. The molecule has 0 saturated carbocycles. The second-order valence-corrected chi connectivity index (χ2v) is 7.33. The van der Waals surface area contributed by atoms with Gasteiger partial charge in [0.15, 0.2) is 0 Å². The Morgan fingerprint density at radius 1 is 1.26 bits per heavy atom. The highest BCUT2D eigenvalue weighted by molar-refractivity contribution is 5.83. The Balaban J connectivity index is 2.20. The second kappa shape index (κ2) is 11.0. The molecular weight excluding hydrogens is 494 g/mol. The zero-order valence-corrected chi connectivity index (χ0v) is 18.0. The van der Waals surface area contributed by atoms with E-state index in [2.05, 4.69) is 11.8 Å². The van der Waals surface area contributed by atoms with Crippen molar-refractivity contribution < 1.29 is 45.8 Å². The summed E-state index contributed by atoms with van der Waals surface area (Å²) in [5, 5.41) is 11.3. The number of nitrogens with zero attached hydrogens (tertiary/aromatic N) is 2. The van der Waals surface area contributed by atoms with Gasteiger partial charge in [-0.1, -0.05) is 18.8 Å². The molecule has 1 aromatic heterocycles. The Kier molecular flexibility index (Phi) is 8.74. The summed E-state index contributed by atoms with van der Waals surface area (Å²) in [4.78, 5) is 48.5. The zero-order chi connectivity index (χ0) is 26.6. The summed E-state index contributed by atoms with van der Waals surface area (Å²) in [5.74, 6) is -0.502. The number of H-pyrrole nitrogens is 1. The van der Waals surface area contributed by atoms with Crippen LogP contribution in [0.2, 0.25) is 0 Å². The third kappa shape index (κ3) is 7.33. The molecule has 3 N–H and O–H groups in total. The molecule has 1 fully saturated rings. The summed E-state index contributed by atoms with van der Waals surface area (Å²) >= 11 is 0. The SMILES string of the molecule is CC[C@H]1O[C@@H](n2cc(C#CCN(CCNC(=O)C(F)(F)F)C(=O)C(F)(F)F)c(=O)[nH]c2=O)CC1O. The van der Waals surface area contributed by atoms with Crippen molar-refractivity contribution >= 4 is 11.8 Å². The number of aliphatic hydroxyl groups is 1. The molecule has 1 saturated heterocycles. The van der Waals surface area contributed by atoms with E-state index in [1.165, 1.54) is 5.32 Å². The zero-order valence-electron chi connectivity index (χ0n) is 18.0. The van der Waals surface area contributed by atoms with Crippen LogP contribution in [-0.4, -0.2) is 75.6 Å². The van der Waals surface area contributed by atoms with Gasteiger partial charge in [0.05, 0.1) is 18.8 Å². The lowest BCUT2D eigenvalue weighted by Gasteiger charge is -2.21. The van der Waals surface area contributed by atoms with Crippen molar-refractivity contribution in [2.24, 2.45) is 0 Å². The first kappa shape index (κ1) is 27.9. The normalized spacial score (nSPS) is 20.2. The number of amides is 2. The number of halogens is 6. The molecule has 0 spiro atoms. The fourth-order valence-electron chi connectivity index (χ4n) is 3.11. The van der Waals surface area contributed by atoms with E-state index in [1.54, 1.807) is 6.92 Å². The van der Waals surface area contributed by atoms with Crippen molar-refractivity contribution in [2.45, 2.75) is 50.6 Å². The molecule has 1 aliphatic heterocycles. The van der Waals surface area contributed by atoms with Crippen LogP contribution in [0.5, 0.6) is 0 Å². The summed E-state index contributed by atoms with van der Waals surface area (Å²) in [7, 11) is 0. The average Bonchev–Trinajstić information content (AvgIpc) is 3.12. The minimum absolute atomic E-state index is 0.0227. The predicted octanol–water partition coefficient (Wildman–Crippen LogP) is 0.0159. The number of alkyl halides is 6. The number of carbonyl (C=O) groups is 2. The summed E-state index contributed by atoms with van der Waals surface area (Å²) in [6.45, 7) is -1.13. The Hall–Kier alpha value is -3.32. The number of hydrogen-bond donors (Lipinski definition) is 3. The largest absolute Gasteiger partial charge is 0.471 e. The molecule has 0 aromatic carbocycles. The molecule has 0 aliphatic carbocycles. The van der Waals surface area contributed by atoms with Crippen LogP contribution >= 0.6 is 0 Å². The van der Waals surface area contributed by atoms with Crippen LogP contribution in [0.15, 0.2) is 15.8 Å².